The minimum absolute atomic E-state index is 0.0864. The Labute approximate surface area is 85.5 Å². The van der Waals surface area contributed by atoms with Gasteiger partial charge in [-0.25, -0.2) is 4.68 Å². The number of aromatic nitrogens is 3. The maximum Gasteiger partial charge on any atom is 0.169 e. The minimum atomic E-state index is 0.0864. The number of carbonyl (C=O) groups is 1. The number of ketones is 1. The minimum Gasteiger partial charge on any atom is -0.294 e. The van der Waals surface area contributed by atoms with Crippen molar-refractivity contribution in [3.8, 4) is 0 Å². The summed E-state index contributed by atoms with van der Waals surface area (Å²) < 4.78 is 1.83. The zero-order valence-corrected chi connectivity index (χ0v) is 9.13. The Morgan fingerprint density at radius 1 is 1.57 bits per heavy atom. The molecule has 0 aromatic carbocycles. The molecule has 2 aromatic heterocycles. The maximum absolute atomic E-state index is 11.1. The van der Waals surface area contributed by atoms with Crippen LogP contribution in [0.3, 0.4) is 0 Å². The molecule has 74 valence electrons. The standard InChI is InChI=1S/C9H11N3OS/c1-5(2)12-7-4-8(6(3)13)14-9(7)10-11-12/h4-5H,1-3H3. The van der Waals surface area contributed by atoms with Crippen molar-refractivity contribution in [3.05, 3.63) is 10.9 Å². The molecule has 0 spiro atoms. The number of carbonyl (C=O) groups excluding carboxylic acids is 1. The summed E-state index contributed by atoms with van der Waals surface area (Å²) in [4.78, 5) is 12.7. The zero-order chi connectivity index (χ0) is 10.3. The van der Waals surface area contributed by atoms with E-state index in [9.17, 15) is 4.79 Å². The van der Waals surface area contributed by atoms with Crippen molar-refractivity contribution in [1.29, 1.82) is 0 Å². The third kappa shape index (κ3) is 1.33. The summed E-state index contributed by atoms with van der Waals surface area (Å²) >= 11 is 1.40. The van der Waals surface area contributed by atoms with E-state index in [0.29, 0.717) is 0 Å². The number of Topliss-reactive ketones (excluding diaryl/α,β-unsaturated/α-hetero) is 1. The van der Waals surface area contributed by atoms with E-state index in [1.54, 1.807) is 6.92 Å². The number of hydrogen-bond acceptors (Lipinski definition) is 4. The van der Waals surface area contributed by atoms with Gasteiger partial charge in [-0.1, -0.05) is 5.21 Å². The van der Waals surface area contributed by atoms with Gasteiger partial charge >= 0.3 is 0 Å². The first-order valence-electron chi connectivity index (χ1n) is 4.45. The normalized spacial score (nSPS) is 11.4. The van der Waals surface area contributed by atoms with E-state index in [4.69, 9.17) is 0 Å². The van der Waals surface area contributed by atoms with Gasteiger partial charge in [-0.2, -0.15) is 0 Å². The molecule has 14 heavy (non-hydrogen) atoms. The number of nitrogens with zero attached hydrogens (tertiary/aromatic N) is 3. The lowest BCUT2D eigenvalue weighted by atomic mass is 10.3. The summed E-state index contributed by atoms with van der Waals surface area (Å²) in [7, 11) is 0. The molecule has 4 nitrogen and oxygen atoms in total. The molecule has 0 saturated heterocycles. The molecule has 0 saturated carbocycles. The highest BCUT2D eigenvalue weighted by Crippen LogP contribution is 2.25. The summed E-state index contributed by atoms with van der Waals surface area (Å²) in [5, 5.41) is 8.04. The van der Waals surface area contributed by atoms with Gasteiger partial charge in [0, 0.05) is 6.04 Å². The molecule has 0 aliphatic heterocycles. The molecule has 2 heterocycles. The Bertz CT molecular complexity index is 483. The van der Waals surface area contributed by atoms with Crippen molar-refractivity contribution < 1.29 is 4.79 Å². The van der Waals surface area contributed by atoms with E-state index in [1.807, 2.05) is 24.6 Å². The Morgan fingerprint density at radius 2 is 2.29 bits per heavy atom. The van der Waals surface area contributed by atoms with Crippen LogP contribution in [0.15, 0.2) is 6.07 Å². The van der Waals surface area contributed by atoms with Gasteiger partial charge in [0.15, 0.2) is 10.6 Å². The lowest BCUT2D eigenvalue weighted by Gasteiger charge is -2.02. The van der Waals surface area contributed by atoms with Gasteiger partial charge in [-0.15, -0.1) is 16.4 Å². The predicted molar refractivity (Wildman–Crippen MR) is 55.8 cm³/mol. The fourth-order valence-electron chi connectivity index (χ4n) is 1.30. The second-order valence-electron chi connectivity index (χ2n) is 3.48. The molecule has 2 rings (SSSR count). The van der Waals surface area contributed by atoms with Crippen molar-refractivity contribution in [1.82, 2.24) is 15.0 Å². The fraction of sp³-hybridized carbons (Fsp3) is 0.444. The molecule has 0 aliphatic rings. The molecule has 0 atom stereocenters. The highest BCUT2D eigenvalue weighted by atomic mass is 32.1. The molecule has 0 radical (unpaired) electrons. The highest BCUT2D eigenvalue weighted by Gasteiger charge is 2.13. The Morgan fingerprint density at radius 3 is 2.86 bits per heavy atom. The van der Waals surface area contributed by atoms with E-state index >= 15 is 0 Å². The first-order valence-corrected chi connectivity index (χ1v) is 5.27. The Balaban J connectivity index is 2.61. The lowest BCUT2D eigenvalue weighted by molar-refractivity contribution is 0.102. The fourth-order valence-corrected chi connectivity index (χ4v) is 2.16. The summed E-state index contributed by atoms with van der Waals surface area (Å²) in [6, 6.07) is 2.14. The van der Waals surface area contributed by atoms with Crippen LogP contribution < -0.4 is 0 Å². The van der Waals surface area contributed by atoms with Gasteiger partial charge in [0.25, 0.3) is 0 Å². The second kappa shape index (κ2) is 3.16. The molecule has 0 fully saturated rings. The van der Waals surface area contributed by atoms with Crippen LogP contribution in [-0.4, -0.2) is 20.8 Å². The first-order chi connectivity index (χ1) is 6.59. The van der Waals surface area contributed by atoms with E-state index < -0.39 is 0 Å². The van der Waals surface area contributed by atoms with Crippen LogP contribution in [0.5, 0.6) is 0 Å². The quantitative estimate of drug-likeness (QED) is 0.713. The van der Waals surface area contributed by atoms with Gasteiger partial charge in [0.2, 0.25) is 0 Å². The third-order valence-electron chi connectivity index (χ3n) is 2.01. The monoisotopic (exact) mass is 209 g/mol. The Kier molecular flexibility index (Phi) is 2.11. The molecular formula is C9H11N3OS. The first kappa shape index (κ1) is 9.33. The number of hydrogen-bond donors (Lipinski definition) is 0. The molecule has 2 aromatic rings. The van der Waals surface area contributed by atoms with E-state index in [1.165, 1.54) is 11.3 Å². The average Bonchev–Trinajstić information content (AvgIpc) is 2.58. The molecule has 0 unspecified atom stereocenters. The summed E-state index contributed by atoms with van der Waals surface area (Å²) in [6.07, 6.45) is 0. The number of fused-ring (bicyclic) bond motifs is 1. The van der Waals surface area contributed by atoms with Crippen LogP contribution in [0, 0.1) is 0 Å². The summed E-state index contributed by atoms with van der Waals surface area (Å²) in [5.74, 6) is 0.0864. The number of rotatable bonds is 2. The predicted octanol–water partition coefficient (Wildman–Crippen LogP) is 2.28. The van der Waals surface area contributed by atoms with Crippen LogP contribution in [0.4, 0.5) is 0 Å². The van der Waals surface area contributed by atoms with Crippen LogP contribution in [-0.2, 0) is 0 Å². The van der Waals surface area contributed by atoms with Crippen molar-refractivity contribution in [2.75, 3.05) is 0 Å². The van der Waals surface area contributed by atoms with Crippen LogP contribution in [0.1, 0.15) is 36.5 Å². The average molecular weight is 209 g/mol. The number of thiophene rings is 1. The van der Waals surface area contributed by atoms with Gasteiger partial charge in [0.05, 0.1) is 4.88 Å². The molecule has 5 heteroatoms. The molecular weight excluding hydrogens is 198 g/mol. The summed E-state index contributed by atoms with van der Waals surface area (Å²) in [6.45, 7) is 5.65. The topological polar surface area (TPSA) is 47.8 Å². The lowest BCUT2D eigenvalue weighted by Crippen LogP contribution is -2.02. The van der Waals surface area contributed by atoms with Crippen LogP contribution in [0.2, 0.25) is 0 Å². The van der Waals surface area contributed by atoms with Gasteiger partial charge < -0.3 is 0 Å². The van der Waals surface area contributed by atoms with Gasteiger partial charge in [0.1, 0.15) is 5.52 Å². The van der Waals surface area contributed by atoms with E-state index in [2.05, 4.69) is 10.3 Å². The zero-order valence-electron chi connectivity index (χ0n) is 8.31. The van der Waals surface area contributed by atoms with Crippen molar-refractivity contribution in [3.63, 3.8) is 0 Å². The molecule has 0 bridgehead atoms. The highest BCUT2D eigenvalue weighted by molar-refractivity contribution is 7.20. The largest absolute Gasteiger partial charge is 0.294 e. The van der Waals surface area contributed by atoms with Crippen molar-refractivity contribution in [2.45, 2.75) is 26.8 Å². The molecule has 0 N–H and O–H groups in total. The smallest absolute Gasteiger partial charge is 0.169 e. The molecule has 0 aliphatic carbocycles. The van der Waals surface area contributed by atoms with E-state index in [0.717, 1.165) is 15.2 Å². The van der Waals surface area contributed by atoms with Crippen LogP contribution in [0.25, 0.3) is 10.3 Å². The van der Waals surface area contributed by atoms with Gasteiger partial charge in [-0.05, 0) is 26.8 Å². The summed E-state index contributed by atoms with van der Waals surface area (Å²) in [5.41, 5.74) is 0.954. The van der Waals surface area contributed by atoms with Crippen molar-refractivity contribution in [2.24, 2.45) is 0 Å². The van der Waals surface area contributed by atoms with Gasteiger partial charge in [-0.3, -0.25) is 4.79 Å². The third-order valence-corrected chi connectivity index (χ3v) is 3.12. The van der Waals surface area contributed by atoms with Crippen LogP contribution >= 0.6 is 11.3 Å². The van der Waals surface area contributed by atoms with E-state index in [-0.39, 0.29) is 11.8 Å². The Hall–Kier alpha value is -1.23. The van der Waals surface area contributed by atoms with Crippen molar-refractivity contribution >= 4 is 27.5 Å². The molecule has 0 amide bonds. The second-order valence-corrected chi connectivity index (χ2v) is 4.52. The maximum atomic E-state index is 11.1. The SMILES string of the molecule is CC(=O)c1cc2c(nnn2C(C)C)s1.